The molecule has 0 fully saturated rings. The van der Waals surface area contributed by atoms with Gasteiger partial charge in [0.1, 0.15) is 0 Å². The second kappa shape index (κ2) is 8.24. The van der Waals surface area contributed by atoms with Crippen LogP contribution in [0.2, 0.25) is 0 Å². The van der Waals surface area contributed by atoms with Crippen LogP contribution in [0.15, 0.2) is 12.2 Å². The summed E-state index contributed by atoms with van der Waals surface area (Å²) in [5.74, 6) is -0.514. The number of rotatable bonds is 7. The lowest BCUT2D eigenvalue weighted by Gasteiger charge is -2.05. The molecule has 0 saturated carbocycles. The van der Waals surface area contributed by atoms with Gasteiger partial charge in [-0.05, 0) is 12.8 Å². The molecule has 0 radical (unpaired) electrons. The molecule has 0 spiro atoms. The largest absolute Gasteiger partial charge is 0.466 e. The number of hydrogen-bond donors (Lipinski definition) is 1. The van der Waals surface area contributed by atoms with E-state index in [2.05, 4.69) is 22.1 Å². The third kappa shape index (κ3) is 4.73. The van der Waals surface area contributed by atoms with Gasteiger partial charge in [-0.3, -0.25) is 9.48 Å². The quantitative estimate of drug-likeness (QED) is 0.599. The molecular weight excluding hydrogens is 270 g/mol. The Labute approximate surface area is 125 Å². The third-order valence-electron chi connectivity index (χ3n) is 3.24. The molecule has 0 aliphatic carbocycles. The van der Waals surface area contributed by atoms with E-state index in [1.54, 1.807) is 6.08 Å². The van der Waals surface area contributed by atoms with E-state index in [-0.39, 0.29) is 5.91 Å². The van der Waals surface area contributed by atoms with Crippen LogP contribution >= 0.6 is 0 Å². The van der Waals surface area contributed by atoms with Crippen LogP contribution in [-0.4, -0.2) is 35.3 Å². The molecule has 0 bridgehead atoms. The molecule has 0 unspecified atom stereocenters. The Balaban J connectivity index is 2.63. The van der Waals surface area contributed by atoms with E-state index >= 15 is 0 Å². The first-order chi connectivity index (χ1) is 10.0. The molecule has 21 heavy (non-hydrogen) atoms. The normalized spacial score (nSPS) is 10.9. The monoisotopic (exact) mass is 293 g/mol. The van der Waals surface area contributed by atoms with Gasteiger partial charge in [-0.2, -0.15) is 5.10 Å². The van der Waals surface area contributed by atoms with E-state index in [0.29, 0.717) is 13.0 Å². The fourth-order valence-corrected chi connectivity index (χ4v) is 2.21. The summed E-state index contributed by atoms with van der Waals surface area (Å²) in [5.41, 5.74) is 3.07. The highest BCUT2D eigenvalue weighted by molar-refractivity contribution is 5.82. The van der Waals surface area contributed by atoms with Crippen molar-refractivity contribution in [3.63, 3.8) is 0 Å². The maximum absolute atomic E-state index is 12.0. The van der Waals surface area contributed by atoms with Gasteiger partial charge in [0, 0.05) is 30.9 Å². The lowest BCUT2D eigenvalue weighted by Crippen LogP contribution is -2.26. The predicted octanol–water partition coefficient (Wildman–Crippen LogP) is 0.933. The molecule has 1 aromatic rings. The van der Waals surface area contributed by atoms with Gasteiger partial charge in [-0.15, -0.1) is 0 Å². The number of hydrogen-bond acceptors (Lipinski definition) is 4. The van der Waals surface area contributed by atoms with Crippen molar-refractivity contribution in [2.24, 2.45) is 7.05 Å². The standard InChI is InChI=1S/C15H23N3O3/c1-5-12-11(13(6-2)18(3)17-12)10-14(19)16-9-7-8-15(20)21-4/h7-8H,5-6,9-10H2,1-4H3,(H,16,19)/b8-7+. The highest BCUT2D eigenvalue weighted by Crippen LogP contribution is 2.16. The Morgan fingerprint density at radius 2 is 2.05 bits per heavy atom. The van der Waals surface area contributed by atoms with E-state index in [1.807, 2.05) is 18.7 Å². The third-order valence-corrected chi connectivity index (χ3v) is 3.24. The van der Waals surface area contributed by atoms with Crippen molar-refractivity contribution in [3.8, 4) is 0 Å². The van der Waals surface area contributed by atoms with Crippen molar-refractivity contribution < 1.29 is 14.3 Å². The number of amides is 1. The number of esters is 1. The van der Waals surface area contributed by atoms with Crippen LogP contribution in [0.5, 0.6) is 0 Å². The molecule has 0 aliphatic heterocycles. The first-order valence-electron chi connectivity index (χ1n) is 7.08. The Kier molecular flexibility index (Phi) is 6.65. The molecule has 0 atom stereocenters. The summed E-state index contributed by atoms with van der Waals surface area (Å²) in [4.78, 5) is 22.9. The van der Waals surface area contributed by atoms with Crippen molar-refractivity contribution >= 4 is 11.9 Å². The summed E-state index contributed by atoms with van der Waals surface area (Å²) in [6.45, 7) is 4.39. The Bertz CT molecular complexity index is 533. The number of carbonyl (C=O) groups excluding carboxylic acids is 2. The van der Waals surface area contributed by atoms with E-state index in [4.69, 9.17) is 0 Å². The molecule has 6 nitrogen and oxygen atoms in total. The van der Waals surface area contributed by atoms with Gasteiger partial charge in [0.25, 0.3) is 0 Å². The molecule has 0 aliphatic rings. The molecule has 0 aromatic carbocycles. The minimum absolute atomic E-state index is 0.0816. The van der Waals surface area contributed by atoms with Gasteiger partial charge in [-0.25, -0.2) is 4.79 Å². The van der Waals surface area contributed by atoms with Crippen molar-refractivity contribution in [2.75, 3.05) is 13.7 Å². The highest BCUT2D eigenvalue weighted by atomic mass is 16.5. The van der Waals surface area contributed by atoms with Gasteiger partial charge in [0.15, 0.2) is 0 Å². The zero-order chi connectivity index (χ0) is 15.8. The number of aromatic nitrogens is 2. The summed E-state index contributed by atoms with van der Waals surface area (Å²) in [6.07, 6.45) is 4.81. The number of aryl methyl sites for hydroxylation is 2. The van der Waals surface area contributed by atoms with Crippen molar-refractivity contribution in [3.05, 3.63) is 29.1 Å². The fourth-order valence-electron chi connectivity index (χ4n) is 2.21. The van der Waals surface area contributed by atoms with Crippen LogP contribution in [0.4, 0.5) is 0 Å². The number of nitrogens with zero attached hydrogens (tertiary/aromatic N) is 2. The lowest BCUT2D eigenvalue weighted by atomic mass is 10.1. The molecular formula is C15H23N3O3. The highest BCUT2D eigenvalue weighted by Gasteiger charge is 2.16. The zero-order valence-corrected chi connectivity index (χ0v) is 13.1. The number of methoxy groups -OCH3 is 1. The van der Waals surface area contributed by atoms with Gasteiger partial charge in [0.2, 0.25) is 5.91 Å². The molecule has 1 amide bonds. The molecule has 116 valence electrons. The maximum Gasteiger partial charge on any atom is 0.330 e. The Hall–Kier alpha value is -2.11. The van der Waals surface area contributed by atoms with Crippen LogP contribution in [0.25, 0.3) is 0 Å². The van der Waals surface area contributed by atoms with Gasteiger partial charge < -0.3 is 10.1 Å². The fraction of sp³-hybridized carbons (Fsp3) is 0.533. The van der Waals surface area contributed by atoms with E-state index in [1.165, 1.54) is 13.2 Å². The summed E-state index contributed by atoms with van der Waals surface area (Å²) in [7, 11) is 3.21. The van der Waals surface area contributed by atoms with Crippen molar-refractivity contribution in [1.29, 1.82) is 0 Å². The summed E-state index contributed by atoms with van der Waals surface area (Å²) < 4.78 is 6.31. The molecule has 0 saturated heterocycles. The molecule has 1 aromatic heterocycles. The van der Waals surface area contributed by atoms with E-state index in [0.717, 1.165) is 29.8 Å². The zero-order valence-electron chi connectivity index (χ0n) is 13.1. The smallest absolute Gasteiger partial charge is 0.330 e. The van der Waals surface area contributed by atoms with Crippen molar-refractivity contribution in [1.82, 2.24) is 15.1 Å². The van der Waals surface area contributed by atoms with E-state index < -0.39 is 5.97 Å². The maximum atomic E-state index is 12.0. The summed E-state index contributed by atoms with van der Waals surface area (Å²) in [6, 6.07) is 0. The first kappa shape index (κ1) is 16.9. The molecule has 1 N–H and O–H groups in total. The number of nitrogens with one attached hydrogen (secondary N) is 1. The number of ether oxygens (including phenoxy) is 1. The van der Waals surface area contributed by atoms with Crippen LogP contribution in [0.1, 0.15) is 30.8 Å². The van der Waals surface area contributed by atoms with Crippen LogP contribution in [0, 0.1) is 0 Å². The van der Waals surface area contributed by atoms with Crippen LogP contribution < -0.4 is 5.32 Å². The Morgan fingerprint density at radius 1 is 1.33 bits per heavy atom. The average molecular weight is 293 g/mol. The van der Waals surface area contributed by atoms with Gasteiger partial charge in [0.05, 0.1) is 19.2 Å². The topological polar surface area (TPSA) is 73.2 Å². The van der Waals surface area contributed by atoms with Gasteiger partial charge >= 0.3 is 5.97 Å². The molecule has 6 heteroatoms. The first-order valence-corrected chi connectivity index (χ1v) is 7.08. The predicted molar refractivity (Wildman–Crippen MR) is 79.8 cm³/mol. The SMILES string of the molecule is CCc1nn(C)c(CC)c1CC(=O)NC/C=C/C(=O)OC. The average Bonchev–Trinajstić information content (AvgIpc) is 2.78. The van der Waals surface area contributed by atoms with Crippen molar-refractivity contribution in [2.45, 2.75) is 33.1 Å². The minimum Gasteiger partial charge on any atom is -0.466 e. The minimum atomic E-state index is -0.432. The van der Waals surface area contributed by atoms with Gasteiger partial charge in [-0.1, -0.05) is 19.9 Å². The summed E-state index contributed by atoms with van der Waals surface area (Å²) >= 11 is 0. The molecule has 1 heterocycles. The molecule has 1 rings (SSSR count). The second-order valence-electron chi connectivity index (χ2n) is 4.61. The van der Waals surface area contributed by atoms with Crippen LogP contribution in [0.3, 0.4) is 0 Å². The van der Waals surface area contributed by atoms with Crippen LogP contribution in [-0.2, 0) is 40.6 Å². The lowest BCUT2D eigenvalue weighted by molar-refractivity contribution is -0.134. The number of carbonyl (C=O) groups is 2. The Morgan fingerprint density at radius 3 is 2.62 bits per heavy atom. The second-order valence-corrected chi connectivity index (χ2v) is 4.61. The van der Waals surface area contributed by atoms with E-state index in [9.17, 15) is 9.59 Å². The summed E-state index contributed by atoms with van der Waals surface area (Å²) in [5, 5.41) is 7.20.